The van der Waals surface area contributed by atoms with Crippen LogP contribution in [0.15, 0.2) is 12.1 Å². The number of nitrogens with one attached hydrogen (secondary N) is 2. The number of piperazine rings is 1. The zero-order valence-electron chi connectivity index (χ0n) is 14.8. The molecule has 0 saturated carbocycles. The first-order valence-corrected chi connectivity index (χ1v) is 9.48. The Morgan fingerprint density at radius 3 is 2.48 bits per heavy atom. The number of nitrogens with zero attached hydrogens (tertiary/aromatic N) is 2. The summed E-state index contributed by atoms with van der Waals surface area (Å²) < 4.78 is 14.5. The van der Waals surface area contributed by atoms with Crippen LogP contribution in [0.25, 0.3) is 0 Å². The number of hydrogen-bond donors (Lipinski definition) is 2. The normalized spacial score (nSPS) is 30.0. The Morgan fingerprint density at radius 2 is 1.78 bits per heavy atom. The second-order valence-electron chi connectivity index (χ2n) is 7.86. The zero-order valence-corrected chi connectivity index (χ0v) is 14.8. The zero-order chi connectivity index (χ0) is 18.7. The number of halogens is 1. The number of hydrogen-bond acceptors (Lipinski definition) is 5. The first-order valence-electron chi connectivity index (χ1n) is 9.48. The topological polar surface area (TPSA) is 81.8 Å². The monoisotopic (exact) mass is 372 g/mol. The number of carbonyl (C=O) groups excluding carboxylic acids is 3. The van der Waals surface area contributed by atoms with Crippen molar-refractivity contribution in [3.05, 3.63) is 29.1 Å². The third kappa shape index (κ3) is 2.62. The van der Waals surface area contributed by atoms with Gasteiger partial charge in [0.25, 0.3) is 5.91 Å². The molecule has 3 saturated heterocycles. The fraction of sp³-hybridized carbons (Fsp3) is 0.526. The lowest BCUT2D eigenvalue weighted by atomic mass is 10.0. The summed E-state index contributed by atoms with van der Waals surface area (Å²) in [6, 6.07) is 3.22. The molecule has 4 aliphatic heterocycles. The average molecular weight is 372 g/mol. The van der Waals surface area contributed by atoms with Gasteiger partial charge in [0.1, 0.15) is 11.9 Å². The number of amides is 3. The van der Waals surface area contributed by atoms with E-state index in [-0.39, 0.29) is 30.9 Å². The van der Waals surface area contributed by atoms with Gasteiger partial charge >= 0.3 is 0 Å². The van der Waals surface area contributed by atoms with Gasteiger partial charge in [0.2, 0.25) is 11.8 Å². The molecule has 5 rings (SSSR count). The predicted octanol–water partition coefficient (Wildman–Crippen LogP) is 0.527. The molecule has 27 heavy (non-hydrogen) atoms. The predicted molar refractivity (Wildman–Crippen MR) is 94.6 cm³/mol. The molecular formula is C19H21FN4O3. The van der Waals surface area contributed by atoms with Crippen LogP contribution in [-0.4, -0.2) is 53.8 Å². The first kappa shape index (κ1) is 16.7. The van der Waals surface area contributed by atoms with Gasteiger partial charge in [-0.25, -0.2) is 4.39 Å². The fourth-order valence-electron chi connectivity index (χ4n) is 4.91. The lowest BCUT2D eigenvalue weighted by molar-refractivity contribution is -0.136. The molecule has 0 radical (unpaired) electrons. The molecule has 1 aromatic rings. The number of imide groups is 1. The number of fused-ring (bicyclic) bond motifs is 3. The Hall–Kier alpha value is -2.48. The van der Waals surface area contributed by atoms with Gasteiger partial charge in [-0.1, -0.05) is 0 Å². The van der Waals surface area contributed by atoms with Gasteiger partial charge in [0.15, 0.2) is 0 Å². The second-order valence-corrected chi connectivity index (χ2v) is 7.86. The van der Waals surface area contributed by atoms with Crippen LogP contribution in [0.4, 0.5) is 10.1 Å². The molecule has 7 nitrogen and oxygen atoms in total. The van der Waals surface area contributed by atoms with E-state index in [0.717, 1.165) is 31.6 Å². The van der Waals surface area contributed by atoms with Crippen LogP contribution < -0.4 is 15.5 Å². The molecule has 3 atom stereocenters. The molecule has 1 aromatic carbocycles. The highest BCUT2D eigenvalue weighted by molar-refractivity contribution is 6.06. The first-order chi connectivity index (χ1) is 13.0. The Labute approximate surface area is 155 Å². The second kappa shape index (κ2) is 6.02. The van der Waals surface area contributed by atoms with Gasteiger partial charge in [0.05, 0.1) is 5.56 Å². The smallest absolute Gasteiger partial charge is 0.258 e. The van der Waals surface area contributed by atoms with Crippen molar-refractivity contribution in [2.75, 3.05) is 18.0 Å². The molecule has 3 fully saturated rings. The van der Waals surface area contributed by atoms with Crippen molar-refractivity contribution in [2.24, 2.45) is 0 Å². The SMILES string of the molecule is O=C1CCC(N2Cc3c(N4CC5CCC(C4)N5)ccc(F)c3C2=O)C(=O)N1. The van der Waals surface area contributed by atoms with Crippen LogP contribution in [0, 0.1) is 5.82 Å². The van der Waals surface area contributed by atoms with Gasteiger partial charge in [-0.3, -0.25) is 19.7 Å². The van der Waals surface area contributed by atoms with Crippen LogP contribution in [0.3, 0.4) is 0 Å². The van der Waals surface area contributed by atoms with Crippen LogP contribution >= 0.6 is 0 Å². The van der Waals surface area contributed by atoms with Crippen LogP contribution in [0.1, 0.15) is 41.6 Å². The summed E-state index contributed by atoms with van der Waals surface area (Å²) in [6.45, 7) is 1.87. The lowest BCUT2D eigenvalue weighted by Crippen LogP contribution is -2.52. The fourth-order valence-corrected chi connectivity index (χ4v) is 4.91. The van der Waals surface area contributed by atoms with E-state index in [2.05, 4.69) is 15.5 Å². The van der Waals surface area contributed by atoms with Crippen molar-refractivity contribution in [1.82, 2.24) is 15.5 Å². The van der Waals surface area contributed by atoms with E-state index in [1.165, 1.54) is 11.0 Å². The van der Waals surface area contributed by atoms with Crippen molar-refractivity contribution >= 4 is 23.4 Å². The van der Waals surface area contributed by atoms with E-state index in [9.17, 15) is 18.8 Å². The van der Waals surface area contributed by atoms with Crippen LogP contribution in [0.5, 0.6) is 0 Å². The molecule has 4 heterocycles. The quantitative estimate of drug-likeness (QED) is 0.740. The summed E-state index contributed by atoms with van der Waals surface area (Å²) >= 11 is 0. The maximum atomic E-state index is 14.5. The van der Waals surface area contributed by atoms with Crippen molar-refractivity contribution in [3.8, 4) is 0 Å². The standard InChI is InChI=1S/C19H21FN4O3/c20-13-3-4-14(23-7-10-1-2-11(8-23)21-10)12-9-24(19(27)17(12)13)15-5-6-16(25)22-18(15)26/h3-4,10-11,15,21H,1-2,5-9H2,(H,22,25,26). The van der Waals surface area contributed by atoms with Crippen LogP contribution in [-0.2, 0) is 16.1 Å². The summed E-state index contributed by atoms with van der Waals surface area (Å²) in [5.74, 6) is -1.82. The number of rotatable bonds is 2. The average Bonchev–Trinajstić information content (AvgIpc) is 3.15. The summed E-state index contributed by atoms with van der Waals surface area (Å²) in [5, 5.41) is 5.85. The minimum absolute atomic E-state index is 0.0723. The van der Waals surface area contributed by atoms with Gasteiger partial charge < -0.3 is 15.1 Å². The Balaban J connectivity index is 1.47. The molecule has 4 aliphatic rings. The Morgan fingerprint density at radius 1 is 1.04 bits per heavy atom. The largest absolute Gasteiger partial charge is 0.368 e. The number of carbonyl (C=O) groups is 3. The van der Waals surface area contributed by atoms with Gasteiger partial charge in [-0.15, -0.1) is 0 Å². The minimum Gasteiger partial charge on any atom is -0.368 e. The van der Waals surface area contributed by atoms with Crippen LogP contribution in [0.2, 0.25) is 0 Å². The lowest BCUT2D eigenvalue weighted by Gasteiger charge is -2.36. The summed E-state index contributed by atoms with van der Waals surface area (Å²) in [4.78, 5) is 40.2. The van der Waals surface area contributed by atoms with E-state index in [1.54, 1.807) is 6.07 Å². The molecule has 0 aliphatic carbocycles. The number of piperidine rings is 1. The third-order valence-corrected chi connectivity index (χ3v) is 6.18. The minimum atomic E-state index is -0.728. The Bertz CT molecular complexity index is 846. The highest BCUT2D eigenvalue weighted by atomic mass is 19.1. The van der Waals surface area contributed by atoms with E-state index in [4.69, 9.17) is 0 Å². The van der Waals surface area contributed by atoms with Crippen molar-refractivity contribution in [3.63, 3.8) is 0 Å². The molecule has 0 aromatic heterocycles. The molecule has 8 heteroatoms. The highest BCUT2D eigenvalue weighted by Gasteiger charge is 2.42. The third-order valence-electron chi connectivity index (χ3n) is 6.18. The van der Waals surface area contributed by atoms with E-state index >= 15 is 0 Å². The highest BCUT2D eigenvalue weighted by Crippen LogP contribution is 2.37. The molecule has 2 bridgehead atoms. The molecule has 142 valence electrons. The number of anilines is 1. The van der Waals surface area contributed by atoms with Gasteiger partial charge in [0, 0.05) is 49.4 Å². The molecule has 0 spiro atoms. The van der Waals surface area contributed by atoms with Crippen molar-refractivity contribution < 1.29 is 18.8 Å². The van der Waals surface area contributed by atoms with Gasteiger partial charge in [-0.2, -0.15) is 0 Å². The van der Waals surface area contributed by atoms with E-state index in [0.29, 0.717) is 17.6 Å². The maximum absolute atomic E-state index is 14.5. The van der Waals surface area contributed by atoms with E-state index in [1.807, 2.05) is 0 Å². The molecule has 3 unspecified atom stereocenters. The van der Waals surface area contributed by atoms with Crippen molar-refractivity contribution in [1.29, 1.82) is 0 Å². The summed E-state index contributed by atoms with van der Waals surface area (Å²) in [5.41, 5.74) is 1.61. The molecule has 3 amide bonds. The van der Waals surface area contributed by atoms with Crippen molar-refractivity contribution in [2.45, 2.75) is 50.4 Å². The summed E-state index contributed by atoms with van der Waals surface area (Å²) in [6.07, 6.45) is 2.73. The molecular weight excluding hydrogens is 351 g/mol. The van der Waals surface area contributed by atoms with E-state index < -0.39 is 23.7 Å². The Kier molecular flexibility index (Phi) is 3.72. The molecule has 2 N–H and O–H groups in total. The van der Waals surface area contributed by atoms with Gasteiger partial charge in [-0.05, 0) is 31.4 Å². The summed E-state index contributed by atoms with van der Waals surface area (Å²) in [7, 11) is 0. The maximum Gasteiger partial charge on any atom is 0.258 e. The number of benzene rings is 1.